The van der Waals surface area contributed by atoms with E-state index in [4.69, 9.17) is 0 Å². The van der Waals surface area contributed by atoms with Crippen molar-refractivity contribution in [2.45, 2.75) is 33.2 Å². The smallest absolute Gasteiger partial charge is 0.0578 e. The Morgan fingerprint density at radius 3 is 2.80 bits per heavy atom. The van der Waals surface area contributed by atoms with Gasteiger partial charge in [-0.05, 0) is 37.0 Å². The molecule has 82 valence electrons. The van der Waals surface area contributed by atoms with Crippen LogP contribution in [0.2, 0.25) is 0 Å². The quantitative estimate of drug-likeness (QED) is 0.733. The van der Waals surface area contributed by atoms with Gasteiger partial charge in [-0.2, -0.15) is 0 Å². The molecule has 0 saturated carbocycles. The molecule has 2 heteroatoms. The largest absolute Gasteiger partial charge is 0.383 e. The lowest BCUT2D eigenvalue weighted by Gasteiger charge is -2.21. The molecular weight excluding hydrogens is 184 g/mol. The van der Waals surface area contributed by atoms with Gasteiger partial charge in [0.05, 0.1) is 11.4 Å². The van der Waals surface area contributed by atoms with Crippen molar-refractivity contribution in [3.05, 3.63) is 23.8 Å². The third-order valence-electron chi connectivity index (χ3n) is 3.09. The number of nitrogens with one attached hydrogen (secondary N) is 2. The number of aryl methyl sites for hydroxylation is 1. The summed E-state index contributed by atoms with van der Waals surface area (Å²) in [6.07, 6.45) is 1.19. The monoisotopic (exact) mass is 204 g/mol. The number of anilines is 2. The summed E-state index contributed by atoms with van der Waals surface area (Å²) in [5.74, 6) is 0.680. The summed E-state index contributed by atoms with van der Waals surface area (Å²) >= 11 is 0. The lowest BCUT2D eigenvalue weighted by atomic mass is 10.0. The second-order valence-corrected chi connectivity index (χ2v) is 4.76. The first kappa shape index (κ1) is 10.3. The molecule has 0 aliphatic carbocycles. The molecule has 1 aromatic carbocycles. The van der Waals surface area contributed by atoms with Gasteiger partial charge in [-0.25, -0.2) is 0 Å². The molecule has 1 aromatic rings. The van der Waals surface area contributed by atoms with Gasteiger partial charge in [-0.15, -0.1) is 0 Å². The summed E-state index contributed by atoms with van der Waals surface area (Å²) in [6.45, 7) is 7.74. The molecule has 1 atom stereocenters. The fourth-order valence-electron chi connectivity index (χ4n) is 2.06. The van der Waals surface area contributed by atoms with Crippen LogP contribution in [-0.4, -0.2) is 12.6 Å². The predicted octanol–water partition coefficient (Wildman–Crippen LogP) is 3.25. The van der Waals surface area contributed by atoms with Gasteiger partial charge in [0.15, 0.2) is 0 Å². The van der Waals surface area contributed by atoms with Gasteiger partial charge in [0.25, 0.3) is 0 Å². The molecule has 0 bridgehead atoms. The first-order valence-corrected chi connectivity index (χ1v) is 5.78. The van der Waals surface area contributed by atoms with E-state index in [0.717, 1.165) is 6.54 Å². The molecule has 1 unspecified atom stereocenters. The Bertz CT molecular complexity index is 344. The highest BCUT2D eigenvalue weighted by atomic mass is 15.0. The average molecular weight is 204 g/mol. The standard InChI is InChI=1S/C13H20N2/c1-9(2)11-6-7-14-13-8-10(3)4-5-12(13)15-11/h4-5,8-9,11,14-15H,6-7H2,1-3H3. The fourth-order valence-corrected chi connectivity index (χ4v) is 2.06. The van der Waals surface area contributed by atoms with Crippen molar-refractivity contribution in [2.75, 3.05) is 17.2 Å². The molecule has 0 amide bonds. The van der Waals surface area contributed by atoms with Gasteiger partial charge in [-0.3, -0.25) is 0 Å². The maximum atomic E-state index is 3.62. The highest BCUT2D eigenvalue weighted by Crippen LogP contribution is 2.28. The number of hydrogen-bond donors (Lipinski definition) is 2. The molecule has 2 N–H and O–H groups in total. The Labute approximate surface area is 92.1 Å². The highest BCUT2D eigenvalue weighted by Gasteiger charge is 2.17. The number of rotatable bonds is 1. The van der Waals surface area contributed by atoms with Crippen molar-refractivity contribution in [3.8, 4) is 0 Å². The number of fused-ring (bicyclic) bond motifs is 1. The van der Waals surface area contributed by atoms with Crippen LogP contribution in [0.3, 0.4) is 0 Å². The van der Waals surface area contributed by atoms with E-state index in [2.05, 4.69) is 49.6 Å². The highest BCUT2D eigenvalue weighted by molar-refractivity contribution is 5.70. The maximum absolute atomic E-state index is 3.62. The first-order chi connectivity index (χ1) is 7.16. The Morgan fingerprint density at radius 1 is 1.27 bits per heavy atom. The van der Waals surface area contributed by atoms with Crippen LogP contribution in [0.1, 0.15) is 25.8 Å². The minimum atomic E-state index is 0.585. The first-order valence-electron chi connectivity index (χ1n) is 5.78. The van der Waals surface area contributed by atoms with E-state index in [1.165, 1.54) is 23.4 Å². The zero-order valence-corrected chi connectivity index (χ0v) is 9.80. The van der Waals surface area contributed by atoms with Crippen molar-refractivity contribution in [2.24, 2.45) is 5.92 Å². The lowest BCUT2D eigenvalue weighted by Crippen LogP contribution is -2.25. The normalized spacial score (nSPS) is 20.1. The summed E-state index contributed by atoms with van der Waals surface area (Å²) in [5.41, 5.74) is 3.81. The zero-order chi connectivity index (χ0) is 10.8. The van der Waals surface area contributed by atoms with Crippen molar-refractivity contribution < 1.29 is 0 Å². The third kappa shape index (κ3) is 2.25. The fraction of sp³-hybridized carbons (Fsp3) is 0.538. The molecule has 0 saturated heterocycles. The maximum Gasteiger partial charge on any atom is 0.0578 e. The number of benzene rings is 1. The third-order valence-corrected chi connectivity index (χ3v) is 3.09. The van der Waals surface area contributed by atoms with Crippen LogP contribution >= 0.6 is 0 Å². The topological polar surface area (TPSA) is 24.1 Å². The summed E-state index contributed by atoms with van der Waals surface area (Å²) in [7, 11) is 0. The van der Waals surface area contributed by atoms with E-state index in [-0.39, 0.29) is 0 Å². The van der Waals surface area contributed by atoms with Crippen LogP contribution in [0.4, 0.5) is 11.4 Å². The molecule has 2 nitrogen and oxygen atoms in total. The summed E-state index contributed by atoms with van der Waals surface area (Å²) in [5, 5.41) is 7.11. The molecule has 0 radical (unpaired) electrons. The molecule has 0 fully saturated rings. The lowest BCUT2D eigenvalue weighted by molar-refractivity contribution is 0.507. The molecule has 0 aromatic heterocycles. The molecular formula is C13H20N2. The van der Waals surface area contributed by atoms with E-state index in [1.807, 2.05) is 0 Å². The summed E-state index contributed by atoms with van der Waals surface area (Å²) in [6, 6.07) is 7.14. The van der Waals surface area contributed by atoms with Gasteiger partial charge in [-0.1, -0.05) is 19.9 Å². The SMILES string of the molecule is Cc1ccc2c(c1)NCCC(C(C)C)N2. The number of hydrogen-bond acceptors (Lipinski definition) is 2. The van der Waals surface area contributed by atoms with E-state index >= 15 is 0 Å². The zero-order valence-electron chi connectivity index (χ0n) is 9.80. The van der Waals surface area contributed by atoms with E-state index in [9.17, 15) is 0 Å². The van der Waals surface area contributed by atoms with Crippen LogP contribution in [0, 0.1) is 12.8 Å². The minimum absolute atomic E-state index is 0.585. The Morgan fingerprint density at radius 2 is 2.07 bits per heavy atom. The van der Waals surface area contributed by atoms with Gasteiger partial charge < -0.3 is 10.6 Å². The summed E-state index contributed by atoms with van der Waals surface area (Å²) in [4.78, 5) is 0. The van der Waals surface area contributed by atoms with Gasteiger partial charge in [0.1, 0.15) is 0 Å². The molecule has 1 heterocycles. The van der Waals surface area contributed by atoms with Crippen LogP contribution in [0.5, 0.6) is 0 Å². The molecule has 2 rings (SSSR count). The van der Waals surface area contributed by atoms with E-state index in [1.54, 1.807) is 0 Å². The van der Waals surface area contributed by atoms with Crippen molar-refractivity contribution in [1.29, 1.82) is 0 Å². The van der Waals surface area contributed by atoms with Crippen molar-refractivity contribution in [1.82, 2.24) is 0 Å². The average Bonchev–Trinajstić information content (AvgIpc) is 2.39. The van der Waals surface area contributed by atoms with Gasteiger partial charge in [0, 0.05) is 12.6 Å². The Kier molecular flexibility index (Phi) is 2.85. The Hall–Kier alpha value is -1.18. The van der Waals surface area contributed by atoms with Crippen LogP contribution in [0.15, 0.2) is 18.2 Å². The van der Waals surface area contributed by atoms with Gasteiger partial charge >= 0.3 is 0 Å². The van der Waals surface area contributed by atoms with Crippen molar-refractivity contribution >= 4 is 11.4 Å². The van der Waals surface area contributed by atoms with Crippen LogP contribution in [0.25, 0.3) is 0 Å². The predicted molar refractivity (Wildman–Crippen MR) is 66.5 cm³/mol. The van der Waals surface area contributed by atoms with Crippen molar-refractivity contribution in [3.63, 3.8) is 0 Å². The molecule has 1 aliphatic heterocycles. The van der Waals surface area contributed by atoms with E-state index < -0.39 is 0 Å². The minimum Gasteiger partial charge on any atom is -0.383 e. The van der Waals surface area contributed by atoms with Crippen LogP contribution in [-0.2, 0) is 0 Å². The summed E-state index contributed by atoms with van der Waals surface area (Å²) < 4.78 is 0. The van der Waals surface area contributed by atoms with Gasteiger partial charge in [0.2, 0.25) is 0 Å². The molecule has 1 aliphatic rings. The molecule has 15 heavy (non-hydrogen) atoms. The van der Waals surface area contributed by atoms with E-state index in [0.29, 0.717) is 12.0 Å². The second-order valence-electron chi connectivity index (χ2n) is 4.76. The van der Waals surface area contributed by atoms with Crippen LogP contribution < -0.4 is 10.6 Å². The Balaban J connectivity index is 2.26. The molecule has 0 spiro atoms. The second kappa shape index (κ2) is 4.13.